The summed E-state index contributed by atoms with van der Waals surface area (Å²) in [6.07, 6.45) is 0.857. The van der Waals surface area contributed by atoms with E-state index in [1.54, 1.807) is 36.1 Å². The second-order valence-corrected chi connectivity index (χ2v) is 9.77. The molecule has 0 saturated heterocycles. The first-order valence-corrected chi connectivity index (χ1v) is 12.4. The molecule has 0 spiro atoms. The van der Waals surface area contributed by atoms with Crippen LogP contribution in [0.5, 0.6) is 0 Å². The molecule has 1 atom stereocenters. The van der Waals surface area contributed by atoms with E-state index in [2.05, 4.69) is 10.2 Å². The number of amides is 2. The van der Waals surface area contributed by atoms with E-state index in [1.165, 1.54) is 0 Å². The number of aliphatic imine (C=N–C) groups is 1. The van der Waals surface area contributed by atoms with Gasteiger partial charge in [0.25, 0.3) is 0 Å². The molecule has 4 rings (SSSR count). The van der Waals surface area contributed by atoms with E-state index >= 15 is 0 Å². The van der Waals surface area contributed by atoms with Crippen molar-refractivity contribution in [2.24, 2.45) is 4.99 Å². The third-order valence-corrected chi connectivity index (χ3v) is 6.52. The van der Waals surface area contributed by atoms with E-state index in [4.69, 9.17) is 28.1 Å². The highest BCUT2D eigenvalue weighted by Gasteiger charge is 2.35. The normalized spacial score (nSPS) is 15.0. The van der Waals surface area contributed by atoms with E-state index in [-0.39, 0.29) is 11.8 Å². The first-order chi connectivity index (χ1) is 17.6. The lowest BCUT2D eigenvalue weighted by molar-refractivity contribution is -0.117. The smallest absolute Gasteiger partial charge is 0.238 e. The number of nitrogens with zero attached hydrogens (tertiary/aromatic N) is 3. The minimum atomic E-state index is -0.658. The Bertz CT molecular complexity index is 1350. The molecule has 1 heterocycles. The van der Waals surface area contributed by atoms with Crippen LogP contribution in [0, 0.1) is 0 Å². The molecule has 9 heteroatoms. The highest BCUT2D eigenvalue weighted by atomic mass is 35.5. The van der Waals surface area contributed by atoms with E-state index in [0.717, 1.165) is 24.2 Å². The predicted molar refractivity (Wildman–Crippen MR) is 152 cm³/mol. The fraction of sp³-hybridized carbons (Fsp3) is 0.250. The molecule has 0 aromatic heterocycles. The van der Waals surface area contributed by atoms with Gasteiger partial charge >= 0.3 is 0 Å². The highest BCUT2D eigenvalue weighted by Crippen LogP contribution is 2.38. The molecule has 1 aliphatic rings. The molecule has 192 valence electrons. The highest BCUT2D eigenvalue weighted by molar-refractivity contribution is 6.31. The van der Waals surface area contributed by atoms with Gasteiger partial charge in [-0.2, -0.15) is 0 Å². The number of carbonyl (C=O) groups excluding carboxylic acids is 2. The zero-order valence-electron chi connectivity index (χ0n) is 21.2. The molecule has 0 fully saturated rings. The average molecular weight is 519 g/mol. The van der Waals surface area contributed by atoms with Crippen LogP contribution in [-0.2, 0) is 9.59 Å². The average Bonchev–Trinajstić information content (AvgIpc) is 3.16. The van der Waals surface area contributed by atoms with Crippen LogP contribution in [0.25, 0.3) is 0 Å². The SMILES string of the molecule is CC(=O)N(CCCN(C)C)c1ccc(N=C(c2ccc(N)c(N)c2)C2C(=O)Nc3cc(Cl)ccc32)cc1. The summed E-state index contributed by atoms with van der Waals surface area (Å²) in [6.45, 7) is 3.07. The number of hydrogen-bond acceptors (Lipinski definition) is 6. The number of hydrogen-bond donors (Lipinski definition) is 3. The summed E-state index contributed by atoms with van der Waals surface area (Å²) >= 11 is 6.15. The number of carbonyl (C=O) groups is 2. The molecule has 8 nitrogen and oxygen atoms in total. The number of benzene rings is 3. The number of halogens is 1. The Balaban J connectivity index is 1.72. The standard InChI is InChI=1S/C28H31ClN6O2/c1-17(36)35(14-4-13-34(2)3)21-9-7-20(8-10-21)32-27(18-5-12-23(30)24(31)15-18)26-22-11-6-19(29)16-25(22)33-28(26)37/h5-12,15-16,26H,4,13-14,30-31H2,1-3H3,(H,33,37). The van der Waals surface area contributed by atoms with E-state index in [0.29, 0.717) is 45.6 Å². The second kappa shape index (κ2) is 11.0. The van der Waals surface area contributed by atoms with Crippen LogP contribution in [-0.4, -0.2) is 49.6 Å². The summed E-state index contributed by atoms with van der Waals surface area (Å²) in [7, 11) is 4.02. The first-order valence-electron chi connectivity index (χ1n) is 12.0. The fourth-order valence-electron chi connectivity index (χ4n) is 4.40. The van der Waals surface area contributed by atoms with Crippen LogP contribution >= 0.6 is 11.6 Å². The van der Waals surface area contributed by atoms with Gasteiger partial charge in [-0.15, -0.1) is 0 Å². The van der Waals surface area contributed by atoms with Crippen molar-refractivity contribution in [2.45, 2.75) is 19.3 Å². The Morgan fingerprint density at radius 3 is 2.38 bits per heavy atom. The molecule has 3 aromatic rings. The monoisotopic (exact) mass is 518 g/mol. The third kappa shape index (κ3) is 5.93. The predicted octanol–water partition coefficient (Wildman–Crippen LogP) is 4.67. The molecule has 5 N–H and O–H groups in total. The molecular formula is C28H31ClN6O2. The summed E-state index contributed by atoms with van der Waals surface area (Å²) in [5, 5.41) is 3.44. The summed E-state index contributed by atoms with van der Waals surface area (Å²) in [4.78, 5) is 34.2. The zero-order chi connectivity index (χ0) is 26.7. The molecule has 0 bridgehead atoms. The zero-order valence-corrected chi connectivity index (χ0v) is 21.9. The van der Waals surface area contributed by atoms with Gasteiger partial charge in [0.1, 0.15) is 5.92 Å². The molecule has 2 amide bonds. The molecule has 1 unspecified atom stereocenters. The molecule has 3 aromatic carbocycles. The summed E-state index contributed by atoms with van der Waals surface area (Å²) in [6, 6.07) is 18.0. The third-order valence-electron chi connectivity index (χ3n) is 6.28. The van der Waals surface area contributed by atoms with Crippen molar-refractivity contribution < 1.29 is 9.59 Å². The molecule has 0 radical (unpaired) electrons. The Labute approximate surface area is 221 Å². The van der Waals surface area contributed by atoms with Gasteiger partial charge in [-0.3, -0.25) is 14.6 Å². The van der Waals surface area contributed by atoms with Gasteiger partial charge in [-0.1, -0.05) is 23.7 Å². The van der Waals surface area contributed by atoms with E-state index < -0.39 is 5.92 Å². The van der Waals surface area contributed by atoms with Crippen molar-refractivity contribution >= 4 is 57.6 Å². The van der Waals surface area contributed by atoms with Gasteiger partial charge in [0.2, 0.25) is 11.8 Å². The second-order valence-electron chi connectivity index (χ2n) is 9.34. The number of nitrogen functional groups attached to an aromatic ring is 2. The maximum Gasteiger partial charge on any atom is 0.238 e. The fourth-order valence-corrected chi connectivity index (χ4v) is 4.57. The molecule has 37 heavy (non-hydrogen) atoms. The van der Waals surface area contributed by atoms with Crippen LogP contribution in [0.1, 0.15) is 30.4 Å². The van der Waals surface area contributed by atoms with E-state index in [9.17, 15) is 9.59 Å². The van der Waals surface area contributed by atoms with Gasteiger partial charge in [0.15, 0.2) is 0 Å². The van der Waals surface area contributed by atoms with E-state index in [1.807, 2.05) is 50.5 Å². The quantitative estimate of drug-likeness (QED) is 0.296. The largest absolute Gasteiger partial charge is 0.397 e. The number of nitrogens with two attached hydrogens (primary N) is 2. The van der Waals surface area contributed by atoms with Gasteiger partial charge < -0.3 is 26.6 Å². The van der Waals surface area contributed by atoms with Crippen molar-refractivity contribution in [3.63, 3.8) is 0 Å². The molecule has 0 aliphatic carbocycles. The Morgan fingerprint density at radius 2 is 1.73 bits per heavy atom. The minimum absolute atomic E-state index is 0.0223. The summed E-state index contributed by atoms with van der Waals surface area (Å²) in [5.74, 6) is -0.882. The number of rotatable bonds is 8. The van der Waals surface area contributed by atoms with Crippen molar-refractivity contribution in [3.05, 3.63) is 76.8 Å². The molecule has 1 aliphatic heterocycles. The maximum absolute atomic E-state index is 13.1. The topological polar surface area (TPSA) is 117 Å². The van der Waals surface area contributed by atoms with Crippen LogP contribution in [0.4, 0.5) is 28.4 Å². The summed E-state index contributed by atoms with van der Waals surface area (Å²) < 4.78 is 0. The van der Waals surface area contributed by atoms with Crippen molar-refractivity contribution in [1.29, 1.82) is 0 Å². The van der Waals surface area contributed by atoms with Gasteiger partial charge in [-0.05, 0) is 86.7 Å². The Hall–Kier alpha value is -3.88. The van der Waals surface area contributed by atoms with Crippen LogP contribution < -0.4 is 21.7 Å². The lowest BCUT2D eigenvalue weighted by Gasteiger charge is -2.22. The van der Waals surface area contributed by atoms with Gasteiger partial charge in [0, 0.05) is 29.9 Å². The molecular weight excluding hydrogens is 488 g/mol. The van der Waals surface area contributed by atoms with Gasteiger partial charge in [0.05, 0.1) is 22.8 Å². The number of nitrogens with one attached hydrogen (secondary N) is 1. The minimum Gasteiger partial charge on any atom is -0.397 e. The molecule has 0 saturated carbocycles. The Morgan fingerprint density at radius 1 is 1.00 bits per heavy atom. The van der Waals surface area contributed by atoms with Gasteiger partial charge in [-0.25, -0.2) is 0 Å². The van der Waals surface area contributed by atoms with Crippen LogP contribution in [0.3, 0.4) is 0 Å². The van der Waals surface area contributed by atoms with Crippen LogP contribution in [0.2, 0.25) is 5.02 Å². The van der Waals surface area contributed by atoms with Crippen molar-refractivity contribution in [2.75, 3.05) is 48.9 Å². The lowest BCUT2D eigenvalue weighted by atomic mass is 9.90. The number of fused-ring (bicyclic) bond motifs is 1. The lowest BCUT2D eigenvalue weighted by Crippen LogP contribution is -2.31. The Kier molecular flexibility index (Phi) is 7.80. The van der Waals surface area contributed by atoms with Crippen LogP contribution in [0.15, 0.2) is 65.7 Å². The van der Waals surface area contributed by atoms with Crippen molar-refractivity contribution in [3.8, 4) is 0 Å². The first kappa shape index (κ1) is 26.2. The number of anilines is 4. The van der Waals surface area contributed by atoms with Crippen molar-refractivity contribution in [1.82, 2.24) is 4.90 Å². The summed E-state index contributed by atoms with van der Waals surface area (Å²) in [5.41, 5.74) is 17.0. The maximum atomic E-state index is 13.1.